The van der Waals surface area contributed by atoms with Gasteiger partial charge in [-0.3, -0.25) is 0 Å². The third-order valence-electron chi connectivity index (χ3n) is 12.9. The van der Waals surface area contributed by atoms with E-state index < -0.39 is 0 Å². The molecule has 2 heteroatoms. The summed E-state index contributed by atoms with van der Waals surface area (Å²) >= 11 is 0. The maximum atomic E-state index is 2.42. The van der Waals surface area contributed by atoms with E-state index in [0.717, 1.165) is 11.4 Å². The van der Waals surface area contributed by atoms with Gasteiger partial charge in [-0.05, 0) is 139 Å². The van der Waals surface area contributed by atoms with Gasteiger partial charge >= 0.3 is 0 Å². The van der Waals surface area contributed by atoms with Crippen LogP contribution in [0.4, 0.5) is 0 Å². The van der Waals surface area contributed by atoms with Gasteiger partial charge in [0.05, 0.1) is 22.1 Å². The first-order chi connectivity index (χ1) is 29.7. The molecule has 0 aliphatic heterocycles. The lowest BCUT2D eigenvalue weighted by atomic mass is 9.96. The van der Waals surface area contributed by atoms with E-state index in [4.69, 9.17) is 0 Å². The zero-order valence-corrected chi connectivity index (χ0v) is 32.7. The molecule has 2 aromatic heterocycles. The van der Waals surface area contributed by atoms with Crippen LogP contribution in [0.5, 0.6) is 0 Å². The Morgan fingerprint density at radius 1 is 0.233 bits per heavy atom. The first kappa shape index (κ1) is 33.1. The lowest BCUT2D eigenvalue weighted by molar-refractivity contribution is 1.18. The van der Waals surface area contributed by atoms with Crippen molar-refractivity contribution in [3.63, 3.8) is 0 Å². The molecule has 2 nitrogen and oxygen atoms in total. The second-order valence-electron chi connectivity index (χ2n) is 16.1. The second kappa shape index (κ2) is 12.8. The topological polar surface area (TPSA) is 9.86 Å². The van der Waals surface area contributed by atoms with Gasteiger partial charge in [-0.2, -0.15) is 0 Å². The predicted octanol–water partition coefficient (Wildman–Crippen LogP) is 15.7. The lowest BCUT2D eigenvalue weighted by Crippen LogP contribution is -1.94. The Morgan fingerprint density at radius 3 is 1.28 bits per heavy atom. The van der Waals surface area contributed by atoms with Gasteiger partial charge < -0.3 is 9.13 Å². The molecule has 0 spiro atoms. The molecule has 0 bridgehead atoms. The van der Waals surface area contributed by atoms with Crippen LogP contribution in [0, 0.1) is 0 Å². The average molecular weight is 761 g/mol. The van der Waals surface area contributed by atoms with Crippen molar-refractivity contribution in [2.45, 2.75) is 0 Å². The largest absolute Gasteiger partial charge is 0.309 e. The molecule has 0 fully saturated rings. The van der Waals surface area contributed by atoms with Crippen LogP contribution >= 0.6 is 0 Å². The fourth-order valence-corrected chi connectivity index (χ4v) is 10.1. The molecule has 0 radical (unpaired) electrons. The van der Waals surface area contributed by atoms with Gasteiger partial charge in [0.1, 0.15) is 0 Å². The number of aromatic nitrogens is 2. The van der Waals surface area contributed by atoms with E-state index in [2.05, 4.69) is 228 Å². The van der Waals surface area contributed by atoms with Gasteiger partial charge in [0.25, 0.3) is 0 Å². The summed E-state index contributed by atoms with van der Waals surface area (Å²) in [5.41, 5.74) is 19.8. The van der Waals surface area contributed by atoms with E-state index in [1.807, 2.05) is 0 Å². The third kappa shape index (κ3) is 4.88. The highest BCUT2D eigenvalue weighted by atomic mass is 15.0. The van der Waals surface area contributed by atoms with Crippen molar-refractivity contribution < 1.29 is 0 Å². The van der Waals surface area contributed by atoms with Crippen molar-refractivity contribution in [3.05, 3.63) is 218 Å². The lowest BCUT2D eigenvalue weighted by Gasteiger charge is -2.11. The quantitative estimate of drug-likeness (QED) is 0.165. The van der Waals surface area contributed by atoms with E-state index in [9.17, 15) is 0 Å². The summed E-state index contributed by atoms with van der Waals surface area (Å²) in [6, 6.07) is 80.4. The molecular formula is C58H36N2. The molecular weight excluding hydrogens is 725 g/mol. The van der Waals surface area contributed by atoms with Crippen LogP contribution in [0.1, 0.15) is 0 Å². The number of benzene rings is 10. The van der Waals surface area contributed by atoms with Crippen molar-refractivity contribution in [2.24, 2.45) is 0 Å². The van der Waals surface area contributed by atoms with Crippen LogP contribution in [0.3, 0.4) is 0 Å². The average Bonchev–Trinajstić information content (AvgIpc) is 3.95. The maximum absolute atomic E-state index is 2.42. The second-order valence-corrected chi connectivity index (χ2v) is 16.1. The highest BCUT2D eigenvalue weighted by Crippen LogP contribution is 2.48. The Balaban J connectivity index is 0.891. The Bertz CT molecular complexity index is 3680. The number of hydrogen-bond donors (Lipinski definition) is 0. The van der Waals surface area contributed by atoms with Crippen LogP contribution in [-0.2, 0) is 0 Å². The van der Waals surface area contributed by atoms with Crippen LogP contribution in [0.2, 0.25) is 0 Å². The molecule has 13 rings (SSSR count). The molecule has 12 aromatic rings. The molecule has 0 atom stereocenters. The summed E-state index contributed by atoms with van der Waals surface area (Å²) in [5, 5.41) is 7.66. The number of rotatable bonds is 5. The molecule has 1 aliphatic carbocycles. The van der Waals surface area contributed by atoms with Gasteiger partial charge in [-0.25, -0.2) is 0 Å². The van der Waals surface area contributed by atoms with E-state index in [1.165, 1.54) is 110 Å². The highest BCUT2D eigenvalue weighted by Gasteiger charge is 2.22. The third-order valence-corrected chi connectivity index (χ3v) is 12.9. The van der Waals surface area contributed by atoms with E-state index in [-0.39, 0.29) is 0 Å². The normalized spacial score (nSPS) is 12.0. The zero-order chi connectivity index (χ0) is 39.3. The maximum Gasteiger partial charge on any atom is 0.0541 e. The van der Waals surface area contributed by atoms with Crippen LogP contribution < -0.4 is 0 Å². The zero-order valence-electron chi connectivity index (χ0n) is 32.7. The number of para-hydroxylation sites is 2. The minimum absolute atomic E-state index is 1.15. The minimum atomic E-state index is 1.15. The molecule has 278 valence electrons. The molecule has 0 unspecified atom stereocenters. The van der Waals surface area contributed by atoms with Gasteiger partial charge in [-0.15, -0.1) is 0 Å². The summed E-state index contributed by atoms with van der Waals surface area (Å²) in [4.78, 5) is 0. The Morgan fingerprint density at radius 2 is 0.683 bits per heavy atom. The summed E-state index contributed by atoms with van der Waals surface area (Å²) in [7, 11) is 0. The Hall–Kier alpha value is -7.94. The Labute approximate surface area is 347 Å². The van der Waals surface area contributed by atoms with Gasteiger partial charge in [0, 0.05) is 32.9 Å². The van der Waals surface area contributed by atoms with Crippen molar-refractivity contribution in [1.29, 1.82) is 0 Å². The van der Waals surface area contributed by atoms with Crippen LogP contribution in [0.25, 0.3) is 121 Å². The summed E-state index contributed by atoms with van der Waals surface area (Å²) < 4.78 is 4.82. The predicted molar refractivity (Wildman–Crippen MR) is 253 cm³/mol. The molecule has 2 heterocycles. The molecule has 0 amide bonds. The highest BCUT2D eigenvalue weighted by molar-refractivity contribution is 6.17. The van der Waals surface area contributed by atoms with Crippen LogP contribution in [-0.4, -0.2) is 9.13 Å². The fraction of sp³-hybridized carbons (Fsp3) is 0. The van der Waals surface area contributed by atoms with Crippen LogP contribution in [0.15, 0.2) is 218 Å². The summed E-state index contributed by atoms with van der Waals surface area (Å²) in [6.07, 6.45) is 0. The van der Waals surface area contributed by atoms with Crippen molar-refractivity contribution >= 4 is 54.4 Å². The fourth-order valence-electron chi connectivity index (χ4n) is 10.1. The van der Waals surface area contributed by atoms with E-state index in [0.29, 0.717) is 0 Å². The van der Waals surface area contributed by atoms with Gasteiger partial charge in [0.2, 0.25) is 0 Å². The number of fused-ring (bicyclic) bond motifs is 9. The molecule has 0 saturated heterocycles. The van der Waals surface area contributed by atoms with Crippen molar-refractivity contribution in [1.82, 2.24) is 9.13 Å². The van der Waals surface area contributed by atoms with Gasteiger partial charge in [-0.1, -0.05) is 146 Å². The monoisotopic (exact) mass is 760 g/mol. The van der Waals surface area contributed by atoms with E-state index >= 15 is 0 Å². The standard InChI is InChI=1S/C58H36N2/c1-2-11-37(12-3-1)38-21-27-44(28-22-38)59-54-19-8-6-16-48(54)51-34-40(25-31-56(51)59)41-26-32-57-52(35-41)49-17-7-9-20-55(49)60(57)45-29-23-39(24-30-45)43-33-42-13-10-18-50-46-14-4-5-15-47(46)53(36-43)58(42)50/h1-36H. The first-order valence-corrected chi connectivity index (χ1v) is 20.8. The summed E-state index contributed by atoms with van der Waals surface area (Å²) in [5.74, 6) is 0. The van der Waals surface area contributed by atoms with Crippen molar-refractivity contribution in [2.75, 3.05) is 0 Å². The molecule has 60 heavy (non-hydrogen) atoms. The molecule has 0 N–H and O–H groups in total. The van der Waals surface area contributed by atoms with Crippen molar-refractivity contribution in [3.8, 4) is 67.0 Å². The molecule has 10 aromatic carbocycles. The minimum Gasteiger partial charge on any atom is -0.309 e. The van der Waals surface area contributed by atoms with Gasteiger partial charge in [0.15, 0.2) is 0 Å². The first-order valence-electron chi connectivity index (χ1n) is 20.8. The number of nitrogens with zero attached hydrogens (tertiary/aromatic N) is 2. The van der Waals surface area contributed by atoms with E-state index in [1.54, 1.807) is 0 Å². The summed E-state index contributed by atoms with van der Waals surface area (Å²) in [6.45, 7) is 0. The SMILES string of the molecule is c1ccc(-c2ccc(-n3c4ccccc4c4cc(-c5ccc6c(c5)c5ccccc5n6-c5ccc(-c6cc7c8c(cccc8c6)-c6ccccc6-7)cc5)ccc43)cc2)cc1. The Kier molecular flexibility index (Phi) is 7.05. The molecule has 0 saturated carbocycles. The number of hydrogen-bond acceptors (Lipinski definition) is 0. The molecule has 1 aliphatic rings. The smallest absolute Gasteiger partial charge is 0.0541 e.